The van der Waals surface area contributed by atoms with Gasteiger partial charge in [0.25, 0.3) is 5.91 Å². The number of thioether (sulfide) groups is 2. The first kappa shape index (κ1) is 35.4. The van der Waals surface area contributed by atoms with Gasteiger partial charge in [-0.2, -0.15) is 4.98 Å². The van der Waals surface area contributed by atoms with Gasteiger partial charge in [-0.3, -0.25) is 29.5 Å². The number of carboxylic acid groups (broad SMARTS) is 1. The van der Waals surface area contributed by atoms with Gasteiger partial charge in [0.05, 0.1) is 17.9 Å². The second kappa shape index (κ2) is 14.5. The van der Waals surface area contributed by atoms with E-state index in [1.807, 2.05) is 0 Å². The minimum absolute atomic E-state index is 0. The number of aryl methyl sites for hydroxylation is 1. The van der Waals surface area contributed by atoms with Gasteiger partial charge in [0.15, 0.2) is 0 Å². The predicted octanol–water partition coefficient (Wildman–Crippen LogP) is -4.80. The molecule has 0 saturated carbocycles. The molecule has 22 heteroatoms. The summed E-state index contributed by atoms with van der Waals surface area (Å²) in [5, 5.41) is 48.2. The predicted molar refractivity (Wildman–Crippen MR) is 157 cm³/mol. The number of phenols is 1. The van der Waals surface area contributed by atoms with Gasteiger partial charge in [-0.15, -0.1) is 16.9 Å². The van der Waals surface area contributed by atoms with E-state index in [0.717, 1.165) is 11.1 Å². The van der Waals surface area contributed by atoms with Crippen LogP contribution in [0.15, 0.2) is 46.9 Å². The molecule has 0 bridgehead atoms. The number of carbonyl (C=O) groups excluding carboxylic acids is 5. The van der Waals surface area contributed by atoms with Crippen LogP contribution in [0, 0.1) is 0 Å². The van der Waals surface area contributed by atoms with Gasteiger partial charge in [0.1, 0.15) is 28.9 Å². The Hall–Kier alpha value is -4.44. The van der Waals surface area contributed by atoms with E-state index in [9.17, 15) is 39.3 Å². The molecule has 1 fully saturated rings. The van der Waals surface area contributed by atoms with Crippen LogP contribution >= 0.6 is 23.5 Å². The normalized spacial score (nSPS) is 17.5. The Bertz CT molecular complexity index is 1770. The molecule has 1 saturated heterocycles. The van der Waals surface area contributed by atoms with Gasteiger partial charge >= 0.3 is 35.6 Å². The molecule has 0 aliphatic carbocycles. The Morgan fingerprint density at radius 3 is 2.51 bits per heavy atom. The fraction of sp³-hybridized carbons (Fsp3) is 0.280. The molecule has 5 amide bonds. The number of aromatic nitrogens is 6. The first-order valence-electron chi connectivity index (χ1n) is 13.1. The summed E-state index contributed by atoms with van der Waals surface area (Å²) in [5.41, 5.74) is 5.43. The van der Waals surface area contributed by atoms with E-state index in [1.54, 1.807) is 7.05 Å². The molecular formula is C25H24N11NaO8S2. The second-order valence-electron chi connectivity index (χ2n) is 9.80. The van der Waals surface area contributed by atoms with Crippen LogP contribution in [-0.2, 0) is 26.2 Å². The molecule has 3 atom stereocenters. The molecule has 47 heavy (non-hydrogen) atoms. The number of fused-ring (bicyclic) bond motifs is 1. The maximum absolute atomic E-state index is 13.9. The number of benzene rings is 1. The van der Waals surface area contributed by atoms with Gasteiger partial charge in [0, 0.05) is 25.5 Å². The zero-order valence-electron chi connectivity index (χ0n) is 24.8. The quantitative estimate of drug-likeness (QED) is 0.0757. The standard InChI is InChI=1S/C25H25N11O8S2.Na/c1-10(37)28-24-27-7-14(18(39)30-24)35(23(26)44)16(11-3-5-13(38)6-4-11)19(40)29-15-20(41)36-17(22(42)43)12(8-45-21(15)36)9-46-25-31-32-33-34(25)2;/h3-7,15-16,21,38H,8-9H2,1-2H3,(H2,26,44)(H,29,40)(H,42,43)(H2,27,28,30,37,39);/q;+1/p-1/t15?,16?,21-;/m1./s1. The number of carboxylic acids is 1. The average Bonchev–Trinajstić information content (AvgIpc) is 3.41. The van der Waals surface area contributed by atoms with Gasteiger partial charge < -0.3 is 31.2 Å². The molecule has 2 aliphatic heterocycles. The van der Waals surface area contributed by atoms with Crippen molar-refractivity contribution in [1.29, 1.82) is 0 Å². The summed E-state index contributed by atoms with van der Waals surface area (Å²) < 4.78 is 1.41. The number of carbonyl (C=O) groups is 5. The monoisotopic (exact) mass is 693 g/mol. The number of nitrogens with zero attached hydrogens (tertiary/aromatic N) is 8. The van der Waals surface area contributed by atoms with Gasteiger partial charge in [-0.05, 0) is 33.7 Å². The van der Waals surface area contributed by atoms with Crippen molar-refractivity contribution >= 4 is 64.9 Å². The van der Waals surface area contributed by atoms with E-state index in [1.165, 1.54) is 59.4 Å². The zero-order chi connectivity index (χ0) is 33.3. The Balaban J connectivity index is 0.00000500. The molecule has 5 rings (SSSR count). The summed E-state index contributed by atoms with van der Waals surface area (Å²) in [6, 6.07) is 1.03. The van der Waals surface area contributed by atoms with Gasteiger partial charge in [0.2, 0.25) is 28.8 Å². The van der Waals surface area contributed by atoms with Crippen LogP contribution in [-0.4, -0.2) is 97.9 Å². The molecule has 240 valence electrons. The fourth-order valence-electron chi connectivity index (χ4n) is 4.72. The number of primary amides is 1. The maximum atomic E-state index is 13.9. The van der Waals surface area contributed by atoms with Crippen LogP contribution in [0.25, 0.3) is 0 Å². The number of nitrogens with one attached hydrogen (secondary N) is 2. The Kier molecular flexibility index (Phi) is 11.0. The van der Waals surface area contributed by atoms with E-state index in [2.05, 4.69) is 36.1 Å². The van der Waals surface area contributed by atoms with Gasteiger partial charge in [-0.25, -0.2) is 14.5 Å². The molecule has 2 aromatic heterocycles. The molecule has 0 radical (unpaired) electrons. The third-order valence-corrected chi connectivity index (χ3v) is 9.18. The molecule has 2 aliphatic rings. The third-order valence-electron chi connectivity index (χ3n) is 6.75. The summed E-state index contributed by atoms with van der Waals surface area (Å²) >= 11 is 2.37. The smallest absolute Gasteiger partial charge is 0.543 e. The van der Waals surface area contributed by atoms with E-state index < -0.39 is 58.7 Å². The molecule has 1 aromatic carbocycles. The van der Waals surface area contributed by atoms with Crippen molar-refractivity contribution in [3.63, 3.8) is 0 Å². The number of amides is 5. The summed E-state index contributed by atoms with van der Waals surface area (Å²) in [4.78, 5) is 72.9. The van der Waals surface area contributed by atoms with Crippen molar-refractivity contribution in [1.82, 2.24) is 40.4 Å². The Labute approximate surface area is 295 Å². The number of anilines is 2. The molecule has 3 aromatic rings. The largest absolute Gasteiger partial charge is 1.00 e. The van der Waals surface area contributed by atoms with Crippen LogP contribution in [0.4, 0.5) is 16.4 Å². The number of hydrogen-bond acceptors (Lipinski definition) is 15. The van der Waals surface area contributed by atoms with Crippen molar-refractivity contribution in [3.05, 3.63) is 47.3 Å². The summed E-state index contributed by atoms with van der Waals surface area (Å²) in [7, 11) is 1.62. The van der Waals surface area contributed by atoms with Crippen LogP contribution in [0.5, 0.6) is 11.6 Å². The van der Waals surface area contributed by atoms with Crippen LogP contribution in [0.3, 0.4) is 0 Å². The molecule has 0 spiro atoms. The molecular weight excluding hydrogens is 669 g/mol. The number of nitrogens with two attached hydrogens (primary N) is 1. The number of rotatable bonds is 10. The maximum Gasteiger partial charge on any atom is 1.00 e. The van der Waals surface area contributed by atoms with E-state index in [0.29, 0.717) is 15.6 Å². The topological polar surface area (TPSA) is 275 Å². The summed E-state index contributed by atoms with van der Waals surface area (Å²) in [6.45, 7) is 1.19. The first-order valence-corrected chi connectivity index (χ1v) is 15.2. The molecule has 19 nitrogen and oxygen atoms in total. The number of β-lactam (4-membered cyclic amide) rings is 1. The fourth-order valence-corrected chi connectivity index (χ4v) is 7.06. The average molecular weight is 694 g/mol. The summed E-state index contributed by atoms with van der Waals surface area (Å²) in [6.07, 6.45) is 0.958. The second-order valence-corrected chi connectivity index (χ2v) is 11.8. The Morgan fingerprint density at radius 1 is 1.23 bits per heavy atom. The third kappa shape index (κ3) is 7.27. The van der Waals surface area contributed by atoms with E-state index in [4.69, 9.17) is 5.73 Å². The van der Waals surface area contributed by atoms with Crippen molar-refractivity contribution in [2.24, 2.45) is 12.8 Å². The van der Waals surface area contributed by atoms with Crippen molar-refractivity contribution in [3.8, 4) is 11.6 Å². The van der Waals surface area contributed by atoms with Crippen molar-refractivity contribution < 1.29 is 68.8 Å². The number of aliphatic carboxylic acids is 1. The summed E-state index contributed by atoms with van der Waals surface area (Å²) in [5.74, 6) is -4.72. The number of hydrogen-bond donors (Lipinski definition) is 5. The van der Waals surface area contributed by atoms with Crippen LogP contribution in [0.2, 0.25) is 0 Å². The minimum Gasteiger partial charge on any atom is -0.543 e. The molecule has 2 unspecified atom stereocenters. The SMILES string of the molecule is CC(=O)Nc1ncc(N(C(N)=O)C(C(=O)NC2C(=O)N3C(C(=O)[O-])=C(CSc4nnnn4C)CS[C@H]23)c2ccc(O)cc2)c(O)n1.[Na+]. The number of tetrazole rings is 1. The Morgan fingerprint density at radius 2 is 1.94 bits per heavy atom. The number of phenolic OH excluding ortho intramolecular Hbond substituents is 1. The van der Waals surface area contributed by atoms with Crippen molar-refractivity contribution in [2.45, 2.75) is 29.5 Å². The molecule has 4 heterocycles. The number of urea groups is 1. The number of aromatic hydroxyl groups is 2. The van der Waals surface area contributed by atoms with Gasteiger partial charge in [-0.1, -0.05) is 23.9 Å². The van der Waals surface area contributed by atoms with Crippen molar-refractivity contribution in [2.75, 3.05) is 21.7 Å². The minimum atomic E-state index is -1.64. The van der Waals surface area contributed by atoms with E-state index >= 15 is 0 Å². The van der Waals surface area contributed by atoms with Crippen LogP contribution < -0.4 is 55.9 Å². The molecule has 6 N–H and O–H groups in total. The first-order chi connectivity index (χ1) is 21.9. The zero-order valence-corrected chi connectivity index (χ0v) is 28.5. The van der Waals surface area contributed by atoms with E-state index in [-0.39, 0.29) is 64.0 Å². The van der Waals surface area contributed by atoms with Crippen LogP contribution in [0.1, 0.15) is 18.5 Å².